The van der Waals surface area contributed by atoms with Crippen LogP contribution in [0.4, 0.5) is 0 Å². The summed E-state index contributed by atoms with van der Waals surface area (Å²) in [6.45, 7) is 6.62. The maximum absolute atomic E-state index is 12.3. The average Bonchev–Trinajstić information content (AvgIpc) is 3.00. The predicted octanol–water partition coefficient (Wildman–Crippen LogP) is 3.76. The Morgan fingerprint density at radius 2 is 2.00 bits per heavy atom. The van der Waals surface area contributed by atoms with Crippen LogP contribution in [0.3, 0.4) is 0 Å². The van der Waals surface area contributed by atoms with E-state index in [4.69, 9.17) is 0 Å². The summed E-state index contributed by atoms with van der Waals surface area (Å²) < 4.78 is 0. The Bertz CT molecular complexity index is 539. The van der Waals surface area contributed by atoms with Crippen LogP contribution >= 0.6 is 0 Å². The molecular formula is C20H30N2O2. The van der Waals surface area contributed by atoms with Crippen LogP contribution in [-0.2, 0) is 11.3 Å². The van der Waals surface area contributed by atoms with Gasteiger partial charge < -0.3 is 10.2 Å². The second kappa shape index (κ2) is 9.45. The third-order valence-electron chi connectivity index (χ3n) is 4.86. The van der Waals surface area contributed by atoms with E-state index < -0.39 is 0 Å². The third-order valence-corrected chi connectivity index (χ3v) is 4.86. The van der Waals surface area contributed by atoms with Crippen molar-refractivity contribution in [3.8, 4) is 0 Å². The van der Waals surface area contributed by atoms with Gasteiger partial charge in [0, 0.05) is 31.6 Å². The molecule has 1 N–H and O–H groups in total. The maximum atomic E-state index is 12.3. The molecular weight excluding hydrogens is 300 g/mol. The summed E-state index contributed by atoms with van der Waals surface area (Å²) in [4.78, 5) is 25.8. The fourth-order valence-electron chi connectivity index (χ4n) is 3.14. The summed E-state index contributed by atoms with van der Waals surface area (Å²) in [5, 5.41) is 3.06. The van der Waals surface area contributed by atoms with Crippen LogP contribution in [0.15, 0.2) is 24.3 Å². The van der Waals surface area contributed by atoms with Gasteiger partial charge in [0.05, 0.1) is 0 Å². The normalized spacial score (nSPS) is 15.6. The topological polar surface area (TPSA) is 49.4 Å². The van der Waals surface area contributed by atoms with Crippen LogP contribution in [0, 0.1) is 5.92 Å². The number of carbonyl (C=O) groups excluding carboxylic acids is 2. The molecule has 0 saturated carbocycles. The lowest BCUT2D eigenvalue weighted by atomic mass is 9.99. The molecule has 1 aliphatic heterocycles. The second-order valence-corrected chi connectivity index (χ2v) is 6.74. The van der Waals surface area contributed by atoms with Crippen molar-refractivity contribution in [3.63, 3.8) is 0 Å². The Morgan fingerprint density at radius 3 is 2.58 bits per heavy atom. The SMILES string of the molecule is CCCCC(CC)CNC(=O)c1ccc(CN2CCCC2=O)cc1. The third kappa shape index (κ3) is 5.36. The number of unbranched alkanes of at least 4 members (excludes halogenated alkanes) is 1. The zero-order chi connectivity index (χ0) is 17.4. The summed E-state index contributed by atoms with van der Waals surface area (Å²) in [7, 11) is 0. The van der Waals surface area contributed by atoms with E-state index in [1.807, 2.05) is 29.2 Å². The largest absolute Gasteiger partial charge is 0.352 e. The molecule has 0 bridgehead atoms. The lowest BCUT2D eigenvalue weighted by molar-refractivity contribution is -0.128. The monoisotopic (exact) mass is 330 g/mol. The van der Waals surface area contributed by atoms with E-state index >= 15 is 0 Å². The number of benzene rings is 1. The number of hydrogen-bond donors (Lipinski definition) is 1. The smallest absolute Gasteiger partial charge is 0.251 e. The van der Waals surface area contributed by atoms with Gasteiger partial charge in [-0.15, -0.1) is 0 Å². The van der Waals surface area contributed by atoms with Gasteiger partial charge in [-0.3, -0.25) is 9.59 Å². The summed E-state index contributed by atoms with van der Waals surface area (Å²) in [5.74, 6) is 0.789. The van der Waals surface area contributed by atoms with Crippen molar-refractivity contribution in [1.29, 1.82) is 0 Å². The van der Waals surface area contributed by atoms with Crippen molar-refractivity contribution < 1.29 is 9.59 Å². The fraction of sp³-hybridized carbons (Fsp3) is 0.600. The first-order chi connectivity index (χ1) is 11.6. The molecule has 0 radical (unpaired) electrons. The van der Waals surface area contributed by atoms with E-state index in [-0.39, 0.29) is 11.8 Å². The maximum Gasteiger partial charge on any atom is 0.251 e. The molecule has 1 aromatic carbocycles. The van der Waals surface area contributed by atoms with Crippen LogP contribution in [-0.4, -0.2) is 29.8 Å². The number of hydrogen-bond acceptors (Lipinski definition) is 2. The molecule has 1 saturated heterocycles. The molecule has 4 heteroatoms. The van der Waals surface area contributed by atoms with E-state index in [0.717, 1.165) is 31.5 Å². The van der Waals surface area contributed by atoms with E-state index in [2.05, 4.69) is 19.2 Å². The van der Waals surface area contributed by atoms with E-state index in [1.165, 1.54) is 19.3 Å². The van der Waals surface area contributed by atoms with E-state index in [1.54, 1.807) is 0 Å². The van der Waals surface area contributed by atoms with Crippen molar-refractivity contribution in [2.24, 2.45) is 5.92 Å². The number of nitrogens with one attached hydrogen (secondary N) is 1. The molecule has 2 rings (SSSR count). The highest BCUT2D eigenvalue weighted by Crippen LogP contribution is 2.15. The average molecular weight is 330 g/mol. The molecule has 0 aromatic heterocycles. The molecule has 0 spiro atoms. The Hall–Kier alpha value is -1.84. The number of amides is 2. The van der Waals surface area contributed by atoms with Crippen molar-refractivity contribution >= 4 is 11.8 Å². The molecule has 1 aliphatic rings. The molecule has 1 aromatic rings. The number of likely N-dealkylation sites (tertiary alicyclic amines) is 1. The van der Waals surface area contributed by atoms with Gasteiger partial charge in [0.1, 0.15) is 0 Å². The van der Waals surface area contributed by atoms with Gasteiger partial charge in [-0.25, -0.2) is 0 Å². The number of nitrogens with zero attached hydrogens (tertiary/aromatic N) is 1. The zero-order valence-electron chi connectivity index (χ0n) is 15.0. The highest BCUT2D eigenvalue weighted by molar-refractivity contribution is 5.94. The lowest BCUT2D eigenvalue weighted by Gasteiger charge is -2.16. The Balaban J connectivity index is 1.83. The molecule has 24 heavy (non-hydrogen) atoms. The first kappa shape index (κ1) is 18.5. The van der Waals surface area contributed by atoms with Crippen molar-refractivity contribution in [3.05, 3.63) is 35.4 Å². The molecule has 0 aliphatic carbocycles. The van der Waals surface area contributed by atoms with Gasteiger partial charge in [0.2, 0.25) is 5.91 Å². The minimum Gasteiger partial charge on any atom is -0.352 e. The zero-order valence-corrected chi connectivity index (χ0v) is 15.0. The quantitative estimate of drug-likeness (QED) is 0.749. The molecule has 1 atom stereocenters. The van der Waals surface area contributed by atoms with Crippen LogP contribution in [0.5, 0.6) is 0 Å². The van der Waals surface area contributed by atoms with E-state index in [0.29, 0.717) is 24.4 Å². The lowest BCUT2D eigenvalue weighted by Crippen LogP contribution is -2.29. The van der Waals surface area contributed by atoms with Gasteiger partial charge in [-0.1, -0.05) is 45.2 Å². The van der Waals surface area contributed by atoms with Crippen molar-refractivity contribution in [1.82, 2.24) is 10.2 Å². The standard InChI is InChI=1S/C20H30N2O2/c1-3-5-7-16(4-2)14-21-20(24)18-11-9-17(10-12-18)15-22-13-6-8-19(22)23/h9-12,16H,3-8,13-15H2,1-2H3,(H,21,24). The second-order valence-electron chi connectivity index (χ2n) is 6.74. The Kier molecular flexibility index (Phi) is 7.29. The summed E-state index contributed by atoms with van der Waals surface area (Å²) in [6.07, 6.45) is 6.32. The molecule has 132 valence electrons. The molecule has 2 amide bonds. The van der Waals surface area contributed by atoms with Gasteiger partial charge in [-0.05, 0) is 36.5 Å². The summed E-state index contributed by atoms with van der Waals surface area (Å²) in [6, 6.07) is 7.63. The minimum atomic E-state index is -0.00579. The van der Waals surface area contributed by atoms with Gasteiger partial charge in [0.15, 0.2) is 0 Å². The first-order valence-electron chi connectivity index (χ1n) is 9.29. The highest BCUT2D eigenvalue weighted by Gasteiger charge is 2.20. The molecule has 4 nitrogen and oxygen atoms in total. The minimum absolute atomic E-state index is 0.00579. The van der Waals surface area contributed by atoms with Gasteiger partial charge >= 0.3 is 0 Å². The molecule has 1 heterocycles. The molecule has 1 unspecified atom stereocenters. The molecule has 1 fully saturated rings. The van der Waals surface area contributed by atoms with Crippen molar-refractivity contribution in [2.75, 3.05) is 13.1 Å². The fourth-order valence-corrected chi connectivity index (χ4v) is 3.14. The number of rotatable bonds is 9. The van der Waals surface area contributed by atoms with E-state index in [9.17, 15) is 9.59 Å². The predicted molar refractivity (Wildman–Crippen MR) is 96.7 cm³/mol. The van der Waals surface area contributed by atoms with Crippen LogP contribution in [0.1, 0.15) is 68.3 Å². The Morgan fingerprint density at radius 1 is 1.25 bits per heavy atom. The van der Waals surface area contributed by atoms with Crippen LogP contribution in [0.25, 0.3) is 0 Å². The van der Waals surface area contributed by atoms with Crippen LogP contribution < -0.4 is 5.32 Å². The summed E-state index contributed by atoms with van der Waals surface area (Å²) >= 11 is 0. The van der Waals surface area contributed by atoms with Gasteiger partial charge in [-0.2, -0.15) is 0 Å². The first-order valence-corrected chi connectivity index (χ1v) is 9.29. The Labute approximate surface area is 145 Å². The van der Waals surface area contributed by atoms with Crippen LogP contribution in [0.2, 0.25) is 0 Å². The van der Waals surface area contributed by atoms with Crippen molar-refractivity contribution in [2.45, 2.75) is 58.9 Å². The summed E-state index contributed by atoms with van der Waals surface area (Å²) in [5.41, 5.74) is 1.77. The number of carbonyl (C=O) groups is 2. The highest BCUT2D eigenvalue weighted by atomic mass is 16.2. The van der Waals surface area contributed by atoms with Gasteiger partial charge in [0.25, 0.3) is 5.91 Å².